The topological polar surface area (TPSA) is 106 Å². The molecule has 11 nitrogen and oxygen atoms in total. The zero-order valence-electron chi connectivity index (χ0n) is 23.2. The molecule has 5 rings (SSSR count). The molecule has 0 bridgehead atoms. The Bertz CT molecular complexity index is 1450. The Morgan fingerprint density at radius 3 is 2.48 bits per heavy atom. The van der Waals surface area contributed by atoms with Crippen LogP contribution in [0.25, 0.3) is 5.65 Å². The molecule has 1 aliphatic heterocycles. The minimum Gasteiger partial charge on any atom is -0.497 e. The number of hydrogen-bond acceptors (Lipinski definition) is 9. The molecule has 1 saturated heterocycles. The van der Waals surface area contributed by atoms with Crippen LogP contribution in [0.15, 0.2) is 54.6 Å². The summed E-state index contributed by atoms with van der Waals surface area (Å²) in [6.45, 7) is 8.25. The molecule has 11 heteroatoms. The fourth-order valence-corrected chi connectivity index (χ4v) is 4.73. The largest absolute Gasteiger partial charge is 0.497 e. The smallest absolute Gasteiger partial charge is 0.224 e. The van der Waals surface area contributed by atoms with E-state index in [1.807, 2.05) is 44.2 Å². The summed E-state index contributed by atoms with van der Waals surface area (Å²) in [6.07, 6.45) is 0.610. The van der Waals surface area contributed by atoms with Crippen molar-refractivity contribution in [3.63, 3.8) is 0 Å². The van der Waals surface area contributed by atoms with Crippen LogP contribution in [-0.2, 0) is 11.2 Å². The van der Waals surface area contributed by atoms with Gasteiger partial charge in [-0.15, -0.1) is 15.3 Å². The van der Waals surface area contributed by atoms with Gasteiger partial charge in [-0.25, -0.2) is 0 Å². The zero-order valence-corrected chi connectivity index (χ0v) is 23.2. The van der Waals surface area contributed by atoms with E-state index in [4.69, 9.17) is 19.3 Å². The van der Waals surface area contributed by atoms with Gasteiger partial charge in [0.05, 0.1) is 26.0 Å². The number of carbonyl (C=O) groups is 1. The number of nitrogens with zero attached hydrogens (tertiary/aromatic N) is 6. The molecular formula is C29H35N7O4. The van der Waals surface area contributed by atoms with Gasteiger partial charge in [-0.05, 0) is 50.2 Å². The quantitative estimate of drug-likeness (QED) is 0.301. The first-order chi connectivity index (χ1) is 19.6. The van der Waals surface area contributed by atoms with Crippen LogP contribution in [0, 0.1) is 0 Å². The fraction of sp³-hybridized carbons (Fsp3) is 0.379. The van der Waals surface area contributed by atoms with Crippen LogP contribution in [0.3, 0.4) is 0 Å². The molecule has 0 aliphatic carbocycles. The first kappa shape index (κ1) is 27.0. The lowest BCUT2D eigenvalue weighted by molar-refractivity contribution is -0.116. The maximum Gasteiger partial charge on any atom is 0.224 e. The van der Waals surface area contributed by atoms with Crippen LogP contribution < -0.4 is 29.3 Å². The van der Waals surface area contributed by atoms with Crippen LogP contribution >= 0.6 is 0 Å². The SMILES string of the molecule is CCOc1ccc(OCC)c(NC(=O)CCc2nnc3ccc(N4CCN(c5cccc(OC)c5)CC4)nn23)c1. The zero-order chi connectivity index (χ0) is 27.9. The predicted octanol–water partition coefficient (Wildman–Crippen LogP) is 3.83. The second kappa shape index (κ2) is 12.5. The summed E-state index contributed by atoms with van der Waals surface area (Å²) < 4.78 is 18.4. The first-order valence-corrected chi connectivity index (χ1v) is 13.6. The van der Waals surface area contributed by atoms with E-state index in [2.05, 4.69) is 37.4 Å². The Balaban J connectivity index is 1.22. The number of nitrogens with one attached hydrogen (secondary N) is 1. The fourth-order valence-electron chi connectivity index (χ4n) is 4.73. The highest BCUT2D eigenvalue weighted by molar-refractivity contribution is 5.92. The highest BCUT2D eigenvalue weighted by Crippen LogP contribution is 2.30. The van der Waals surface area contributed by atoms with Gasteiger partial charge in [-0.1, -0.05) is 6.07 Å². The summed E-state index contributed by atoms with van der Waals surface area (Å²) in [5.74, 6) is 3.47. The molecule has 0 radical (unpaired) electrons. The minimum absolute atomic E-state index is 0.156. The highest BCUT2D eigenvalue weighted by Gasteiger charge is 2.20. The van der Waals surface area contributed by atoms with Crippen LogP contribution in [0.2, 0.25) is 0 Å². The van der Waals surface area contributed by atoms with Crippen molar-refractivity contribution in [2.75, 3.05) is 61.6 Å². The second-order valence-electron chi connectivity index (χ2n) is 9.33. The maximum atomic E-state index is 12.9. The van der Waals surface area contributed by atoms with Crippen molar-refractivity contribution in [1.29, 1.82) is 0 Å². The molecule has 4 aromatic rings. The summed E-state index contributed by atoms with van der Waals surface area (Å²) in [7, 11) is 1.69. The highest BCUT2D eigenvalue weighted by atomic mass is 16.5. The average Bonchev–Trinajstić information content (AvgIpc) is 3.40. The van der Waals surface area contributed by atoms with Crippen molar-refractivity contribution < 1.29 is 19.0 Å². The molecule has 2 aromatic heterocycles. The second-order valence-corrected chi connectivity index (χ2v) is 9.33. The number of amides is 1. The van der Waals surface area contributed by atoms with Crippen molar-refractivity contribution in [3.8, 4) is 17.2 Å². The number of carbonyl (C=O) groups excluding carboxylic acids is 1. The standard InChI is InChI=1S/C29H35N7O4/c1-4-39-23-9-10-25(40-5-2)24(20-23)30-29(37)14-13-27-32-31-26-11-12-28(33-36(26)27)35-17-15-34(16-18-35)21-7-6-8-22(19-21)38-3/h6-12,19-20H,4-5,13-18H2,1-3H3,(H,30,37). The van der Waals surface area contributed by atoms with Gasteiger partial charge in [0.25, 0.3) is 0 Å². The van der Waals surface area contributed by atoms with Crippen LogP contribution in [-0.4, -0.2) is 72.2 Å². The minimum atomic E-state index is -0.156. The Labute approximate surface area is 233 Å². The van der Waals surface area contributed by atoms with Gasteiger partial charge in [0.2, 0.25) is 5.91 Å². The summed E-state index contributed by atoms with van der Waals surface area (Å²) in [6, 6.07) is 17.4. The Morgan fingerprint density at radius 1 is 0.900 bits per heavy atom. The summed E-state index contributed by atoms with van der Waals surface area (Å²) in [5, 5.41) is 16.3. The normalized spacial score (nSPS) is 13.4. The van der Waals surface area contributed by atoms with Crippen molar-refractivity contribution in [2.45, 2.75) is 26.7 Å². The Morgan fingerprint density at radius 2 is 1.70 bits per heavy atom. The lowest BCUT2D eigenvalue weighted by Gasteiger charge is -2.36. The summed E-state index contributed by atoms with van der Waals surface area (Å²) >= 11 is 0. The van der Waals surface area contributed by atoms with Crippen molar-refractivity contribution in [3.05, 3.63) is 60.4 Å². The van der Waals surface area contributed by atoms with Crippen molar-refractivity contribution >= 4 is 28.7 Å². The van der Waals surface area contributed by atoms with Gasteiger partial charge < -0.3 is 29.3 Å². The van der Waals surface area contributed by atoms with Gasteiger partial charge in [-0.2, -0.15) is 4.52 Å². The van der Waals surface area contributed by atoms with Gasteiger partial charge in [-0.3, -0.25) is 4.79 Å². The Hall–Kier alpha value is -4.54. The number of aromatic nitrogens is 4. The number of anilines is 3. The van der Waals surface area contributed by atoms with E-state index in [0.717, 1.165) is 43.4 Å². The van der Waals surface area contributed by atoms with E-state index in [9.17, 15) is 4.79 Å². The predicted molar refractivity (Wildman–Crippen MR) is 154 cm³/mol. The van der Waals surface area contributed by atoms with Crippen molar-refractivity contribution in [2.24, 2.45) is 0 Å². The van der Waals surface area contributed by atoms with Crippen LogP contribution in [0.5, 0.6) is 17.2 Å². The molecule has 1 fully saturated rings. The third-order valence-electron chi connectivity index (χ3n) is 6.75. The summed E-state index contributed by atoms with van der Waals surface area (Å²) in [5.41, 5.74) is 2.38. The van der Waals surface area contributed by atoms with Crippen LogP contribution in [0.1, 0.15) is 26.1 Å². The lowest BCUT2D eigenvalue weighted by atomic mass is 10.2. The molecule has 40 heavy (non-hydrogen) atoms. The van der Waals surface area contributed by atoms with E-state index in [0.29, 0.717) is 48.3 Å². The van der Waals surface area contributed by atoms with Gasteiger partial charge >= 0.3 is 0 Å². The first-order valence-electron chi connectivity index (χ1n) is 13.6. The van der Waals surface area contributed by atoms with E-state index < -0.39 is 0 Å². The van der Waals surface area contributed by atoms with Crippen molar-refractivity contribution in [1.82, 2.24) is 19.8 Å². The third kappa shape index (κ3) is 6.19. The number of ether oxygens (including phenoxy) is 3. The number of methoxy groups -OCH3 is 1. The molecule has 0 saturated carbocycles. The van der Waals surface area contributed by atoms with Gasteiger partial charge in [0, 0.05) is 56.8 Å². The van der Waals surface area contributed by atoms with Crippen LogP contribution in [0.4, 0.5) is 17.2 Å². The molecule has 0 spiro atoms. The van der Waals surface area contributed by atoms with Gasteiger partial charge in [0.15, 0.2) is 11.5 Å². The number of hydrogen-bond donors (Lipinski definition) is 1. The summed E-state index contributed by atoms with van der Waals surface area (Å²) in [4.78, 5) is 17.5. The molecule has 3 heterocycles. The molecule has 210 valence electrons. The number of aryl methyl sites for hydroxylation is 1. The van der Waals surface area contributed by atoms with E-state index >= 15 is 0 Å². The monoisotopic (exact) mass is 545 g/mol. The number of benzene rings is 2. The number of piperazine rings is 1. The molecule has 1 amide bonds. The molecule has 0 unspecified atom stereocenters. The Kier molecular flexibility index (Phi) is 8.48. The third-order valence-corrected chi connectivity index (χ3v) is 6.75. The average molecular weight is 546 g/mol. The molecular weight excluding hydrogens is 510 g/mol. The molecule has 2 aromatic carbocycles. The molecule has 1 N–H and O–H groups in total. The molecule has 1 aliphatic rings. The number of fused-ring (bicyclic) bond motifs is 1. The van der Waals surface area contributed by atoms with E-state index in [-0.39, 0.29) is 12.3 Å². The van der Waals surface area contributed by atoms with E-state index in [1.54, 1.807) is 23.8 Å². The number of rotatable bonds is 11. The van der Waals surface area contributed by atoms with Gasteiger partial charge in [0.1, 0.15) is 23.1 Å². The molecule has 0 atom stereocenters. The lowest BCUT2D eigenvalue weighted by Crippen LogP contribution is -2.47. The maximum absolute atomic E-state index is 12.9. The van der Waals surface area contributed by atoms with E-state index in [1.165, 1.54) is 0 Å².